The van der Waals surface area contributed by atoms with E-state index in [9.17, 15) is 0 Å². The third kappa shape index (κ3) is 5.31. The molecule has 2 nitrogen and oxygen atoms in total. The Bertz CT molecular complexity index is 4250. The van der Waals surface area contributed by atoms with E-state index < -0.39 is 5.41 Å². The minimum absolute atomic E-state index is 0.626. The predicted octanol–water partition coefficient (Wildman–Crippen LogP) is 17.7. The van der Waals surface area contributed by atoms with Crippen molar-refractivity contribution in [1.82, 2.24) is 4.57 Å². The Kier molecular flexibility index (Phi) is 8.02. The Morgan fingerprint density at radius 1 is 0.304 bits per heavy atom. The van der Waals surface area contributed by atoms with Gasteiger partial charge in [0, 0.05) is 33.2 Å². The van der Waals surface area contributed by atoms with E-state index >= 15 is 0 Å². The lowest BCUT2D eigenvalue weighted by Crippen LogP contribution is -2.36. The van der Waals surface area contributed by atoms with Crippen LogP contribution in [0.3, 0.4) is 0 Å². The Morgan fingerprint density at radius 2 is 0.899 bits per heavy atom. The summed E-state index contributed by atoms with van der Waals surface area (Å²) in [6.07, 6.45) is 0. The summed E-state index contributed by atoms with van der Waals surface area (Å²) in [4.78, 5) is 2.51. The molecule has 69 heavy (non-hydrogen) atoms. The first-order chi connectivity index (χ1) is 34.2. The van der Waals surface area contributed by atoms with Gasteiger partial charge in [0.05, 0.1) is 22.1 Å². The SMILES string of the molecule is c1ccc(-c2ccc3c(c2)C2(c4ccccc4-c4ccc(N(c5ccc6ccccc6c5)c5ccc6c7ccccc7n(-c7ccccc7)c6c5)c5cccc2c45)c2cccc4cccc-3c24)cc1. The van der Waals surface area contributed by atoms with Crippen molar-refractivity contribution >= 4 is 71.2 Å². The van der Waals surface area contributed by atoms with Crippen molar-refractivity contribution in [3.05, 3.63) is 277 Å². The first-order valence-electron chi connectivity index (χ1n) is 24.0. The molecule has 0 N–H and O–H groups in total. The molecule has 13 aromatic rings. The van der Waals surface area contributed by atoms with Crippen molar-refractivity contribution in [1.29, 1.82) is 0 Å². The molecule has 0 saturated heterocycles. The van der Waals surface area contributed by atoms with E-state index in [0.29, 0.717) is 0 Å². The van der Waals surface area contributed by atoms with Crippen LogP contribution >= 0.6 is 0 Å². The second-order valence-corrected chi connectivity index (χ2v) is 18.7. The molecule has 1 spiro atoms. The summed E-state index contributed by atoms with van der Waals surface area (Å²) in [5, 5.41) is 9.97. The third-order valence-electron chi connectivity index (χ3n) is 15.3. The molecule has 1 heterocycles. The van der Waals surface area contributed by atoms with Crippen LogP contribution in [0.25, 0.3) is 93.2 Å². The van der Waals surface area contributed by atoms with Gasteiger partial charge in [-0.2, -0.15) is 0 Å². The number of benzene rings is 12. The van der Waals surface area contributed by atoms with Crippen LogP contribution in [-0.4, -0.2) is 4.57 Å². The molecule has 0 saturated carbocycles. The van der Waals surface area contributed by atoms with Gasteiger partial charge in [0.1, 0.15) is 0 Å². The molecule has 15 rings (SSSR count). The van der Waals surface area contributed by atoms with Crippen LogP contribution in [0.5, 0.6) is 0 Å². The molecule has 2 aliphatic rings. The van der Waals surface area contributed by atoms with Gasteiger partial charge in [-0.3, -0.25) is 0 Å². The Hall–Kier alpha value is -8.98. The summed E-state index contributed by atoms with van der Waals surface area (Å²) in [5.74, 6) is 0. The topological polar surface area (TPSA) is 8.17 Å². The van der Waals surface area contributed by atoms with Crippen molar-refractivity contribution in [3.8, 4) is 39.1 Å². The zero-order valence-corrected chi connectivity index (χ0v) is 37.6. The molecular formula is C67H42N2. The maximum absolute atomic E-state index is 2.51. The molecule has 12 aromatic carbocycles. The van der Waals surface area contributed by atoms with E-state index in [1.165, 1.54) is 110 Å². The Morgan fingerprint density at radius 3 is 1.78 bits per heavy atom. The number of rotatable bonds is 5. The Labute approximate surface area is 400 Å². The molecule has 1 unspecified atom stereocenters. The molecule has 0 fully saturated rings. The lowest BCUT2D eigenvalue weighted by atomic mass is 9.55. The van der Waals surface area contributed by atoms with Crippen molar-refractivity contribution in [2.24, 2.45) is 0 Å². The fourth-order valence-corrected chi connectivity index (χ4v) is 12.5. The van der Waals surface area contributed by atoms with E-state index in [0.717, 1.165) is 22.7 Å². The van der Waals surface area contributed by atoms with E-state index in [-0.39, 0.29) is 0 Å². The average molecular weight is 875 g/mol. The summed E-state index contributed by atoms with van der Waals surface area (Å²) in [7, 11) is 0. The van der Waals surface area contributed by atoms with Crippen LogP contribution in [0, 0.1) is 0 Å². The minimum Gasteiger partial charge on any atom is -0.310 e. The fourth-order valence-electron chi connectivity index (χ4n) is 12.5. The van der Waals surface area contributed by atoms with Gasteiger partial charge in [-0.1, -0.05) is 200 Å². The highest BCUT2D eigenvalue weighted by Gasteiger charge is 2.49. The fraction of sp³-hybridized carbons (Fsp3) is 0.0149. The summed E-state index contributed by atoms with van der Waals surface area (Å²) in [6.45, 7) is 0. The zero-order valence-electron chi connectivity index (χ0n) is 37.6. The predicted molar refractivity (Wildman–Crippen MR) is 290 cm³/mol. The second-order valence-electron chi connectivity index (χ2n) is 18.7. The van der Waals surface area contributed by atoms with Gasteiger partial charge in [0.25, 0.3) is 0 Å². The molecular weight excluding hydrogens is 833 g/mol. The normalized spacial score (nSPS) is 14.4. The lowest BCUT2D eigenvalue weighted by Gasteiger charge is -2.46. The van der Waals surface area contributed by atoms with Crippen LogP contribution in [0.2, 0.25) is 0 Å². The molecule has 0 amide bonds. The molecule has 2 heteroatoms. The molecule has 320 valence electrons. The van der Waals surface area contributed by atoms with Gasteiger partial charge in [-0.05, 0) is 137 Å². The van der Waals surface area contributed by atoms with Gasteiger partial charge in [-0.25, -0.2) is 0 Å². The van der Waals surface area contributed by atoms with E-state index in [1.807, 2.05) is 0 Å². The highest BCUT2D eigenvalue weighted by molar-refractivity contribution is 6.16. The number of aromatic nitrogens is 1. The molecule has 1 atom stereocenters. The largest absolute Gasteiger partial charge is 0.310 e. The van der Waals surface area contributed by atoms with Crippen molar-refractivity contribution in [3.63, 3.8) is 0 Å². The smallest absolute Gasteiger partial charge is 0.0726 e. The molecule has 1 aromatic heterocycles. The number of anilines is 3. The van der Waals surface area contributed by atoms with E-state index in [1.54, 1.807) is 0 Å². The third-order valence-corrected chi connectivity index (χ3v) is 15.3. The van der Waals surface area contributed by atoms with Gasteiger partial charge in [-0.15, -0.1) is 0 Å². The van der Waals surface area contributed by atoms with Gasteiger partial charge in [0.15, 0.2) is 0 Å². The molecule has 2 aliphatic carbocycles. The second kappa shape index (κ2) is 14.5. The first kappa shape index (κ1) is 38.2. The minimum atomic E-state index is -0.626. The van der Waals surface area contributed by atoms with Crippen LogP contribution in [0.4, 0.5) is 17.1 Å². The van der Waals surface area contributed by atoms with Gasteiger partial charge < -0.3 is 9.47 Å². The van der Waals surface area contributed by atoms with Crippen LogP contribution in [0.15, 0.2) is 255 Å². The zero-order chi connectivity index (χ0) is 45.2. The monoisotopic (exact) mass is 874 g/mol. The molecule has 0 radical (unpaired) electrons. The van der Waals surface area contributed by atoms with Crippen molar-refractivity contribution in [2.45, 2.75) is 5.41 Å². The quantitative estimate of drug-likeness (QED) is 0.167. The van der Waals surface area contributed by atoms with Crippen molar-refractivity contribution < 1.29 is 0 Å². The molecule has 0 aliphatic heterocycles. The highest BCUT2D eigenvalue weighted by Crippen LogP contribution is 2.62. The lowest BCUT2D eigenvalue weighted by molar-refractivity contribution is 0.755. The first-order valence-corrected chi connectivity index (χ1v) is 24.0. The summed E-state index contributed by atoms with van der Waals surface area (Å²) < 4.78 is 2.42. The maximum atomic E-state index is 2.51. The summed E-state index contributed by atoms with van der Waals surface area (Å²) >= 11 is 0. The van der Waals surface area contributed by atoms with Crippen LogP contribution in [0.1, 0.15) is 22.3 Å². The van der Waals surface area contributed by atoms with Crippen LogP contribution in [-0.2, 0) is 5.41 Å². The maximum Gasteiger partial charge on any atom is 0.0726 e. The van der Waals surface area contributed by atoms with E-state index in [4.69, 9.17) is 0 Å². The number of hydrogen-bond acceptors (Lipinski definition) is 1. The van der Waals surface area contributed by atoms with Crippen molar-refractivity contribution in [2.75, 3.05) is 4.90 Å². The number of fused-ring (bicyclic) bond motifs is 12. The number of hydrogen-bond donors (Lipinski definition) is 0. The van der Waals surface area contributed by atoms with Crippen LogP contribution < -0.4 is 4.90 Å². The summed E-state index contributed by atoms with van der Waals surface area (Å²) in [6, 6.07) is 95.3. The average Bonchev–Trinajstić information content (AvgIpc) is 3.75. The Balaban J connectivity index is 1.06. The molecule has 0 bridgehead atoms. The number of nitrogens with zero attached hydrogens (tertiary/aromatic N) is 2. The number of para-hydroxylation sites is 2. The van der Waals surface area contributed by atoms with E-state index in [2.05, 4.69) is 264 Å². The standard InChI is InChI=1S/C67H42N2/c1-3-16-43(17-4-1)47-33-36-52-55-26-13-20-45-21-14-29-59(65(45)55)67(61(52)41-47)58-28-11-9-24-51(58)56-38-39-63(57-27-15-30-60(67)66(56)57)68(49-34-32-44-18-7-8-19-46(44)40-49)50-35-37-54-53-25-10-12-31-62(53)69(64(54)42-50)48-22-5-2-6-23-48/h1-42H. The van der Waals surface area contributed by atoms with Gasteiger partial charge in [0.2, 0.25) is 0 Å². The van der Waals surface area contributed by atoms with Gasteiger partial charge >= 0.3 is 0 Å². The summed E-state index contributed by atoms with van der Waals surface area (Å²) in [5.41, 5.74) is 19.0. The highest BCUT2D eigenvalue weighted by atomic mass is 15.1.